The summed E-state index contributed by atoms with van der Waals surface area (Å²) in [5.74, 6) is 0. The molecule has 3 aromatic rings. The van der Waals surface area contributed by atoms with Gasteiger partial charge in [0.25, 0.3) is 0 Å². The van der Waals surface area contributed by atoms with Gasteiger partial charge < -0.3 is 0 Å². The summed E-state index contributed by atoms with van der Waals surface area (Å²) < 4.78 is 12.8. The number of aromatic nitrogens is 1. The Morgan fingerprint density at radius 3 is 2.62 bits per heavy atom. The number of benzene rings is 2. The van der Waals surface area contributed by atoms with E-state index < -0.39 is 6.67 Å². The highest BCUT2D eigenvalue weighted by Crippen LogP contribution is 2.23. The van der Waals surface area contributed by atoms with E-state index in [-0.39, 0.29) is 0 Å². The van der Waals surface area contributed by atoms with Crippen LogP contribution in [0, 0.1) is 0 Å². The molecule has 0 aliphatic rings. The van der Waals surface area contributed by atoms with Gasteiger partial charge in [-0.05, 0) is 23.8 Å². The van der Waals surface area contributed by atoms with Gasteiger partial charge in [-0.3, -0.25) is 0 Å². The molecule has 2 heteroatoms. The Bertz CT molecular complexity index is 661. The molecular formula is C14H10FN. The number of alkyl halides is 1. The SMILES string of the molecule is FCc1cccc2nc3ccccc3cc12. The molecule has 0 unspecified atom stereocenters. The quantitative estimate of drug-likeness (QED) is 0.557. The molecule has 78 valence electrons. The molecule has 0 saturated carbocycles. The highest BCUT2D eigenvalue weighted by Gasteiger charge is 2.03. The number of fused-ring (bicyclic) bond motifs is 2. The molecule has 0 amide bonds. The van der Waals surface area contributed by atoms with E-state index in [9.17, 15) is 4.39 Å². The molecule has 0 spiro atoms. The van der Waals surface area contributed by atoms with Crippen LogP contribution in [0.25, 0.3) is 21.8 Å². The average Bonchev–Trinajstić information content (AvgIpc) is 2.35. The Labute approximate surface area is 92.5 Å². The number of para-hydroxylation sites is 1. The van der Waals surface area contributed by atoms with Gasteiger partial charge in [0.1, 0.15) is 6.67 Å². The highest BCUT2D eigenvalue weighted by molar-refractivity contribution is 5.94. The maximum absolute atomic E-state index is 12.8. The number of hydrogen-bond donors (Lipinski definition) is 0. The van der Waals surface area contributed by atoms with Gasteiger partial charge in [0.2, 0.25) is 0 Å². The van der Waals surface area contributed by atoms with Crippen LogP contribution in [0.5, 0.6) is 0 Å². The van der Waals surface area contributed by atoms with E-state index >= 15 is 0 Å². The first-order chi connectivity index (χ1) is 7.88. The van der Waals surface area contributed by atoms with E-state index in [0.717, 1.165) is 21.8 Å². The standard InChI is InChI=1S/C14H10FN/c15-9-11-5-3-7-14-12(11)8-10-4-1-2-6-13(10)16-14/h1-8H,9H2. The number of pyridine rings is 1. The molecule has 16 heavy (non-hydrogen) atoms. The minimum absolute atomic E-state index is 0.447. The van der Waals surface area contributed by atoms with Crippen LogP contribution in [-0.4, -0.2) is 4.98 Å². The first kappa shape index (κ1) is 9.28. The van der Waals surface area contributed by atoms with Crippen molar-refractivity contribution in [3.05, 3.63) is 54.1 Å². The largest absolute Gasteiger partial charge is 0.248 e. The number of halogens is 1. The molecule has 0 radical (unpaired) electrons. The van der Waals surface area contributed by atoms with Crippen LogP contribution >= 0.6 is 0 Å². The van der Waals surface area contributed by atoms with Crippen LogP contribution in [0.15, 0.2) is 48.5 Å². The van der Waals surface area contributed by atoms with Crippen LogP contribution in [0.4, 0.5) is 4.39 Å². The summed E-state index contributed by atoms with van der Waals surface area (Å²) in [6.07, 6.45) is 0. The minimum atomic E-state index is -0.447. The van der Waals surface area contributed by atoms with Crippen molar-refractivity contribution in [1.29, 1.82) is 0 Å². The van der Waals surface area contributed by atoms with E-state index in [1.54, 1.807) is 6.07 Å². The monoisotopic (exact) mass is 211 g/mol. The van der Waals surface area contributed by atoms with Gasteiger partial charge in [0.05, 0.1) is 11.0 Å². The van der Waals surface area contributed by atoms with E-state index in [4.69, 9.17) is 0 Å². The Morgan fingerprint density at radius 2 is 1.75 bits per heavy atom. The second-order valence-corrected chi connectivity index (χ2v) is 3.80. The second kappa shape index (κ2) is 3.56. The fourth-order valence-corrected chi connectivity index (χ4v) is 1.98. The van der Waals surface area contributed by atoms with E-state index in [0.29, 0.717) is 5.56 Å². The van der Waals surface area contributed by atoms with Gasteiger partial charge in [0, 0.05) is 10.8 Å². The third-order valence-corrected chi connectivity index (χ3v) is 2.79. The Kier molecular flexibility index (Phi) is 2.07. The number of hydrogen-bond acceptors (Lipinski definition) is 1. The van der Waals surface area contributed by atoms with E-state index in [1.165, 1.54) is 0 Å². The highest BCUT2D eigenvalue weighted by atomic mass is 19.1. The molecule has 0 saturated heterocycles. The van der Waals surface area contributed by atoms with Crippen molar-refractivity contribution in [3.8, 4) is 0 Å². The molecule has 1 aromatic heterocycles. The molecule has 0 atom stereocenters. The summed E-state index contributed by atoms with van der Waals surface area (Å²) in [5, 5.41) is 1.96. The molecule has 3 rings (SSSR count). The topological polar surface area (TPSA) is 12.9 Å². The van der Waals surface area contributed by atoms with Gasteiger partial charge >= 0.3 is 0 Å². The molecule has 0 fully saturated rings. The third-order valence-electron chi connectivity index (χ3n) is 2.79. The van der Waals surface area contributed by atoms with E-state index in [1.807, 2.05) is 42.5 Å². The third kappa shape index (κ3) is 1.34. The molecule has 0 N–H and O–H groups in total. The zero-order chi connectivity index (χ0) is 11.0. The van der Waals surface area contributed by atoms with Crippen LogP contribution in [-0.2, 0) is 6.67 Å². The van der Waals surface area contributed by atoms with Gasteiger partial charge in [-0.15, -0.1) is 0 Å². The molecule has 0 bridgehead atoms. The molecule has 1 nitrogen and oxygen atoms in total. The maximum atomic E-state index is 12.8. The van der Waals surface area contributed by atoms with Crippen molar-refractivity contribution in [1.82, 2.24) is 4.98 Å². The smallest absolute Gasteiger partial charge is 0.115 e. The van der Waals surface area contributed by atoms with Crippen LogP contribution in [0.2, 0.25) is 0 Å². The predicted molar refractivity (Wildman–Crippen MR) is 64.1 cm³/mol. The summed E-state index contributed by atoms with van der Waals surface area (Å²) in [5.41, 5.74) is 2.51. The van der Waals surface area contributed by atoms with Gasteiger partial charge in [0.15, 0.2) is 0 Å². The Morgan fingerprint density at radius 1 is 0.938 bits per heavy atom. The zero-order valence-corrected chi connectivity index (χ0v) is 8.65. The van der Waals surface area contributed by atoms with Crippen molar-refractivity contribution in [2.75, 3.05) is 0 Å². The average molecular weight is 211 g/mol. The second-order valence-electron chi connectivity index (χ2n) is 3.80. The van der Waals surface area contributed by atoms with Crippen LogP contribution in [0.3, 0.4) is 0 Å². The Hall–Kier alpha value is -1.96. The molecule has 2 aromatic carbocycles. The lowest BCUT2D eigenvalue weighted by atomic mass is 10.1. The maximum Gasteiger partial charge on any atom is 0.115 e. The van der Waals surface area contributed by atoms with Gasteiger partial charge in [-0.2, -0.15) is 0 Å². The van der Waals surface area contributed by atoms with Crippen molar-refractivity contribution < 1.29 is 4.39 Å². The Balaban J connectivity index is 2.46. The fourth-order valence-electron chi connectivity index (χ4n) is 1.98. The van der Waals surface area contributed by atoms with Crippen molar-refractivity contribution in [2.24, 2.45) is 0 Å². The van der Waals surface area contributed by atoms with Crippen molar-refractivity contribution >= 4 is 21.8 Å². The van der Waals surface area contributed by atoms with Gasteiger partial charge in [-0.25, -0.2) is 9.37 Å². The number of nitrogens with zero attached hydrogens (tertiary/aromatic N) is 1. The summed E-state index contributed by atoms with van der Waals surface area (Å²) in [6, 6.07) is 15.5. The van der Waals surface area contributed by atoms with E-state index in [2.05, 4.69) is 4.98 Å². The lowest BCUT2D eigenvalue weighted by Gasteiger charge is -2.04. The fraction of sp³-hybridized carbons (Fsp3) is 0.0714. The summed E-state index contributed by atoms with van der Waals surface area (Å²) in [7, 11) is 0. The normalized spacial score (nSPS) is 11.1. The predicted octanol–water partition coefficient (Wildman–Crippen LogP) is 3.86. The first-order valence-electron chi connectivity index (χ1n) is 5.22. The molecular weight excluding hydrogens is 201 g/mol. The number of rotatable bonds is 1. The summed E-state index contributed by atoms with van der Waals surface area (Å²) >= 11 is 0. The molecule has 0 aliphatic carbocycles. The van der Waals surface area contributed by atoms with Crippen LogP contribution in [0.1, 0.15) is 5.56 Å². The van der Waals surface area contributed by atoms with Crippen molar-refractivity contribution in [2.45, 2.75) is 6.67 Å². The minimum Gasteiger partial charge on any atom is -0.248 e. The zero-order valence-electron chi connectivity index (χ0n) is 8.65. The van der Waals surface area contributed by atoms with Gasteiger partial charge in [-0.1, -0.05) is 30.3 Å². The van der Waals surface area contributed by atoms with Crippen LogP contribution < -0.4 is 0 Å². The first-order valence-corrected chi connectivity index (χ1v) is 5.22. The molecule has 0 aliphatic heterocycles. The summed E-state index contributed by atoms with van der Waals surface area (Å²) in [4.78, 5) is 4.52. The lowest BCUT2D eigenvalue weighted by Crippen LogP contribution is -1.86. The molecule has 1 heterocycles. The lowest BCUT2D eigenvalue weighted by molar-refractivity contribution is 0.488. The van der Waals surface area contributed by atoms with Crippen molar-refractivity contribution in [3.63, 3.8) is 0 Å². The summed E-state index contributed by atoms with van der Waals surface area (Å²) in [6.45, 7) is -0.447.